The van der Waals surface area contributed by atoms with Crippen molar-refractivity contribution < 1.29 is 23.8 Å². The van der Waals surface area contributed by atoms with Gasteiger partial charge >= 0.3 is 5.97 Å². The van der Waals surface area contributed by atoms with Crippen LogP contribution in [-0.4, -0.2) is 83.9 Å². The predicted molar refractivity (Wildman–Crippen MR) is 155 cm³/mol. The summed E-state index contributed by atoms with van der Waals surface area (Å²) in [5.74, 6) is 5.51. The number of thiazole rings is 1. The molecule has 2 fully saturated rings. The lowest BCUT2D eigenvalue weighted by Crippen LogP contribution is -2.58. The van der Waals surface area contributed by atoms with Gasteiger partial charge in [0.25, 0.3) is 5.91 Å². The average molecular weight is 568 g/mol. The Morgan fingerprint density at radius 3 is 2.52 bits per heavy atom. The summed E-state index contributed by atoms with van der Waals surface area (Å²) in [6.07, 6.45) is 2.88. The molecule has 0 N–H and O–H groups in total. The van der Waals surface area contributed by atoms with E-state index in [9.17, 15) is 9.59 Å². The molecule has 3 heterocycles. The van der Waals surface area contributed by atoms with E-state index in [1.54, 1.807) is 12.3 Å². The van der Waals surface area contributed by atoms with Crippen molar-refractivity contribution in [1.82, 2.24) is 14.8 Å². The van der Waals surface area contributed by atoms with Gasteiger partial charge in [-0.3, -0.25) is 14.5 Å². The third-order valence-electron chi connectivity index (χ3n) is 7.09. The van der Waals surface area contributed by atoms with E-state index in [0.717, 1.165) is 38.9 Å². The summed E-state index contributed by atoms with van der Waals surface area (Å²) in [5, 5.41) is 2.48. The standard InChI is InChI=1S/C31H41N3O5S/c1-5-6-27-32-26(22-40-27)29(36)34-17-20-38-31(23-34)13-15-33(16-14-31)21-25-9-7-24(8-10-25)11-18-37-19-12-28(35)39-30(2,3)4/h7-10,22H,11-21,23H2,1-4H3. The minimum atomic E-state index is -0.461. The highest BCUT2D eigenvalue weighted by Gasteiger charge is 2.41. The fraction of sp³-hybridized carbons (Fsp3) is 0.581. The zero-order valence-corrected chi connectivity index (χ0v) is 25.0. The van der Waals surface area contributed by atoms with Crippen LogP contribution < -0.4 is 0 Å². The molecule has 9 heteroatoms. The van der Waals surface area contributed by atoms with Crippen LogP contribution in [0.5, 0.6) is 0 Å². The molecule has 4 rings (SSSR count). The van der Waals surface area contributed by atoms with Gasteiger partial charge < -0.3 is 19.1 Å². The number of esters is 1. The molecule has 0 bridgehead atoms. The third kappa shape index (κ3) is 8.87. The lowest BCUT2D eigenvalue weighted by atomic mass is 9.89. The Labute approximate surface area is 242 Å². The van der Waals surface area contributed by atoms with E-state index in [-0.39, 0.29) is 23.9 Å². The maximum Gasteiger partial charge on any atom is 0.308 e. The smallest absolute Gasteiger partial charge is 0.308 e. The molecule has 2 aromatic rings. The highest BCUT2D eigenvalue weighted by atomic mass is 32.1. The molecule has 0 aliphatic carbocycles. The largest absolute Gasteiger partial charge is 0.460 e. The van der Waals surface area contributed by atoms with E-state index in [2.05, 4.69) is 46.0 Å². The molecule has 2 aliphatic rings. The van der Waals surface area contributed by atoms with E-state index in [1.165, 1.54) is 22.5 Å². The molecule has 0 atom stereocenters. The van der Waals surface area contributed by atoms with Gasteiger partial charge in [-0.15, -0.1) is 11.3 Å². The van der Waals surface area contributed by atoms with Crippen LogP contribution in [0.15, 0.2) is 29.6 Å². The molecule has 1 spiro atoms. The molecule has 1 aromatic carbocycles. The van der Waals surface area contributed by atoms with Gasteiger partial charge in [-0.05, 0) is 64.0 Å². The monoisotopic (exact) mass is 567 g/mol. The number of hydrogen-bond donors (Lipinski definition) is 0. The van der Waals surface area contributed by atoms with Crippen molar-refractivity contribution in [3.8, 4) is 11.8 Å². The molecule has 0 radical (unpaired) electrons. The molecule has 216 valence electrons. The van der Waals surface area contributed by atoms with Crippen molar-refractivity contribution in [1.29, 1.82) is 0 Å². The number of nitrogens with zero attached hydrogens (tertiary/aromatic N) is 3. The maximum absolute atomic E-state index is 13.1. The van der Waals surface area contributed by atoms with Crippen LogP contribution >= 0.6 is 11.3 Å². The Bertz CT molecular complexity index is 1200. The number of carbonyl (C=O) groups is 2. The van der Waals surface area contributed by atoms with Gasteiger partial charge in [0, 0.05) is 31.6 Å². The second kappa shape index (κ2) is 13.7. The molecule has 1 amide bonds. The lowest BCUT2D eigenvalue weighted by Gasteiger charge is -2.47. The van der Waals surface area contributed by atoms with Gasteiger partial charge in [0.1, 0.15) is 11.3 Å². The number of piperidine rings is 1. The Balaban J connectivity index is 1.17. The Kier molecular flexibility index (Phi) is 10.4. The summed E-state index contributed by atoms with van der Waals surface area (Å²) < 4.78 is 17.2. The summed E-state index contributed by atoms with van der Waals surface area (Å²) >= 11 is 1.41. The first-order valence-electron chi connectivity index (χ1n) is 14.1. The van der Waals surface area contributed by atoms with Crippen molar-refractivity contribution in [2.45, 2.75) is 71.1 Å². The first kappa shape index (κ1) is 30.2. The Morgan fingerprint density at radius 1 is 1.10 bits per heavy atom. The lowest BCUT2D eigenvalue weighted by molar-refractivity contribution is -0.156. The molecule has 2 saturated heterocycles. The summed E-state index contributed by atoms with van der Waals surface area (Å²) in [5.41, 5.74) is 2.24. The van der Waals surface area contributed by atoms with Crippen molar-refractivity contribution >= 4 is 23.2 Å². The topological polar surface area (TPSA) is 81.2 Å². The van der Waals surface area contributed by atoms with E-state index in [4.69, 9.17) is 14.2 Å². The van der Waals surface area contributed by atoms with Crippen LogP contribution in [0.1, 0.15) is 73.6 Å². The molecular weight excluding hydrogens is 526 g/mol. The quantitative estimate of drug-likeness (QED) is 0.254. The van der Waals surface area contributed by atoms with E-state index in [1.807, 2.05) is 25.7 Å². The molecule has 0 saturated carbocycles. The van der Waals surface area contributed by atoms with Crippen LogP contribution in [0.25, 0.3) is 0 Å². The van der Waals surface area contributed by atoms with E-state index in [0.29, 0.717) is 43.6 Å². The number of hydrogen-bond acceptors (Lipinski definition) is 8. The van der Waals surface area contributed by atoms with Crippen LogP contribution in [0.3, 0.4) is 0 Å². The Hall–Kier alpha value is -2.77. The number of morpholine rings is 1. The number of aromatic nitrogens is 1. The molecule has 1 aromatic heterocycles. The third-order valence-corrected chi connectivity index (χ3v) is 7.85. The molecule has 2 aliphatic heterocycles. The zero-order chi connectivity index (χ0) is 28.6. The van der Waals surface area contributed by atoms with Crippen molar-refractivity contribution in [3.63, 3.8) is 0 Å². The molecule has 0 unspecified atom stereocenters. The van der Waals surface area contributed by atoms with E-state index >= 15 is 0 Å². The highest BCUT2D eigenvalue weighted by Crippen LogP contribution is 2.31. The highest BCUT2D eigenvalue weighted by molar-refractivity contribution is 7.10. The van der Waals surface area contributed by atoms with E-state index < -0.39 is 5.60 Å². The number of amides is 1. The number of benzene rings is 1. The molecular formula is C31H41N3O5S. The van der Waals surface area contributed by atoms with Crippen molar-refractivity contribution in [2.75, 3.05) is 46.0 Å². The predicted octanol–water partition coefficient (Wildman–Crippen LogP) is 4.31. The summed E-state index contributed by atoms with van der Waals surface area (Å²) in [6, 6.07) is 8.68. The van der Waals surface area contributed by atoms with Crippen LogP contribution in [-0.2, 0) is 32.0 Å². The first-order valence-corrected chi connectivity index (χ1v) is 14.9. The average Bonchev–Trinajstić information content (AvgIpc) is 3.38. The normalized spacial score (nSPS) is 17.4. The number of carbonyl (C=O) groups excluding carboxylic acids is 2. The second-order valence-corrected chi connectivity index (χ2v) is 12.3. The molecule has 8 nitrogen and oxygen atoms in total. The van der Waals surface area contributed by atoms with Gasteiger partial charge in [0.05, 0.1) is 38.4 Å². The minimum absolute atomic E-state index is 0.0287. The maximum atomic E-state index is 13.1. The summed E-state index contributed by atoms with van der Waals surface area (Å²) in [7, 11) is 0. The van der Waals surface area contributed by atoms with Gasteiger partial charge in [-0.1, -0.05) is 30.2 Å². The zero-order valence-electron chi connectivity index (χ0n) is 24.2. The summed E-state index contributed by atoms with van der Waals surface area (Å²) in [4.78, 5) is 33.6. The molecule has 40 heavy (non-hydrogen) atoms. The number of likely N-dealkylation sites (tertiary alicyclic amines) is 1. The number of ether oxygens (including phenoxy) is 3. The second-order valence-electron chi connectivity index (χ2n) is 11.5. The fourth-order valence-corrected chi connectivity index (χ4v) is 5.74. The van der Waals surface area contributed by atoms with Crippen molar-refractivity contribution in [2.24, 2.45) is 0 Å². The minimum Gasteiger partial charge on any atom is -0.460 e. The van der Waals surface area contributed by atoms with Crippen molar-refractivity contribution in [3.05, 3.63) is 51.5 Å². The van der Waals surface area contributed by atoms with Gasteiger partial charge in [0.15, 0.2) is 5.01 Å². The van der Waals surface area contributed by atoms with Crippen LogP contribution in [0.2, 0.25) is 0 Å². The first-order chi connectivity index (χ1) is 19.1. The van der Waals surface area contributed by atoms with Gasteiger partial charge in [-0.2, -0.15) is 0 Å². The van der Waals surface area contributed by atoms with Gasteiger partial charge in [-0.25, -0.2) is 4.98 Å². The van der Waals surface area contributed by atoms with Crippen LogP contribution in [0, 0.1) is 11.8 Å². The Morgan fingerprint density at radius 2 is 1.82 bits per heavy atom. The number of rotatable bonds is 9. The van der Waals surface area contributed by atoms with Gasteiger partial charge in [0.2, 0.25) is 0 Å². The fourth-order valence-electron chi connectivity index (χ4n) is 5.05. The summed E-state index contributed by atoms with van der Waals surface area (Å²) in [6.45, 7) is 12.8. The SMILES string of the molecule is CC#Cc1nc(C(=O)N2CCOC3(CCN(Cc4ccc(CCOCCC(=O)OC(C)(C)C)cc4)CC3)C2)cs1. The van der Waals surface area contributed by atoms with Crippen LogP contribution in [0.4, 0.5) is 0 Å².